The molecule has 2 rings (SSSR count). The van der Waals surface area contributed by atoms with E-state index in [4.69, 9.17) is 5.26 Å². The van der Waals surface area contributed by atoms with E-state index in [1.807, 2.05) is 32.0 Å². The standard InChI is InChI=1S/C22H27N3O3S/c1-5-24(6-2)29(27,28)21-10-7-9-19(16-21)22(26)25(14-8-13-23)20-12-11-17(3)18(4)15-20/h7,9-12,15-16H,5-6,8,14H2,1-4H3. The van der Waals surface area contributed by atoms with E-state index in [0.29, 0.717) is 18.8 Å². The summed E-state index contributed by atoms with van der Waals surface area (Å²) in [6.07, 6.45) is 0.177. The third-order valence-corrected chi connectivity index (χ3v) is 6.96. The lowest BCUT2D eigenvalue weighted by Crippen LogP contribution is -2.33. The van der Waals surface area contributed by atoms with Gasteiger partial charge in [-0.25, -0.2) is 8.42 Å². The minimum atomic E-state index is -3.67. The molecule has 0 radical (unpaired) electrons. The van der Waals surface area contributed by atoms with Gasteiger partial charge in [0.05, 0.1) is 17.4 Å². The fraction of sp³-hybridized carbons (Fsp3) is 0.364. The van der Waals surface area contributed by atoms with Gasteiger partial charge in [0.2, 0.25) is 10.0 Å². The fourth-order valence-corrected chi connectivity index (χ4v) is 4.57. The summed E-state index contributed by atoms with van der Waals surface area (Å²) < 4.78 is 27.0. The van der Waals surface area contributed by atoms with Crippen molar-refractivity contribution in [2.45, 2.75) is 39.0 Å². The Hall–Kier alpha value is -2.69. The molecule has 154 valence electrons. The van der Waals surface area contributed by atoms with Crippen LogP contribution in [0.5, 0.6) is 0 Å². The third kappa shape index (κ3) is 5.03. The molecule has 0 heterocycles. The van der Waals surface area contributed by atoms with Gasteiger partial charge in [-0.3, -0.25) is 4.79 Å². The summed E-state index contributed by atoms with van der Waals surface area (Å²) in [6, 6.07) is 13.8. The predicted octanol–water partition coefficient (Wildman–Crippen LogP) is 3.89. The number of hydrogen-bond acceptors (Lipinski definition) is 4. The maximum Gasteiger partial charge on any atom is 0.258 e. The van der Waals surface area contributed by atoms with Crippen LogP contribution >= 0.6 is 0 Å². The highest BCUT2D eigenvalue weighted by molar-refractivity contribution is 7.89. The molecule has 0 aliphatic carbocycles. The number of carbonyl (C=O) groups excluding carboxylic acids is 1. The molecule has 0 saturated heterocycles. The van der Waals surface area contributed by atoms with Crippen molar-refractivity contribution >= 4 is 21.6 Å². The van der Waals surface area contributed by atoms with Crippen LogP contribution < -0.4 is 4.90 Å². The van der Waals surface area contributed by atoms with Crippen LogP contribution in [0.2, 0.25) is 0 Å². The molecule has 2 aromatic carbocycles. The van der Waals surface area contributed by atoms with Crippen LogP contribution in [0.25, 0.3) is 0 Å². The minimum absolute atomic E-state index is 0.0902. The van der Waals surface area contributed by atoms with Crippen molar-refractivity contribution < 1.29 is 13.2 Å². The molecular formula is C22H27N3O3S. The molecule has 7 heteroatoms. The van der Waals surface area contributed by atoms with Gasteiger partial charge in [0.15, 0.2) is 0 Å². The summed E-state index contributed by atoms with van der Waals surface area (Å²) in [7, 11) is -3.67. The summed E-state index contributed by atoms with van der Waals surface area (Å²) in [4.78, 5) is 14.9. The van der Waals surface area contributed by atoms with Crippen molar-refractivity contribution in [2.75, 3.05) is 24.5 Å². The normalized spacial score (nSPS) is 11.3. The average Bonchev–Trinajstić information content (AvgIpc) is 2.71. The Balaban J connectivity index is 2.46. The van der Waals surface area contributed by atoms with Crippen LogP contribution in [-0.4, -0.2) is 38.3 Å². The summed E-state index contributed by atoms with van der Waals surface area (Å²) in [6.45, 7) is 8.44. The molecule has 0 spiro atoms. The number of nitriles is 1. The molecule has 0 fully saturated rings. The molecule has 0 aromatic heterocycles. The first-order valence-electron chi connectivity index (χ1n) is 9.62. The smallest absolute Gasteiger partial charge is 0.258 e. The van der Waals surface area contributed by atoms with Crippen LogP contribution in [0, 0.1) is 25.2 Å². The van der Waals surface area contributed by atoms with Crippen molar-refractivity contribution in [1.29, 1.82) is 5.26 Å². The Bertz CT molecular complexity index is 1020. The Morgan fingerprint density at radius 3 is 2.31 bits per heavy atom. The van der Waals surface area contributed by atoms with Gasteiger partial charge < -0.3 is 4.90 Å². The molecule has 2 aromatic rings. The van der Waals surface area contributed by atoms with Gasteiger partial charge in [-0.2, -0.15) is 9.57 Å². The summed E-state index contributed by atoms with van der Waals surface area (Å²) in [5, 5.41) is 9.01. The molecular weight excluding hydrogens is 386 g/mol. The second kappa shape index (κ2) is 9.68. The highest BCUT2D eigenvalue weighted by Crippen LogP contribution is 2.23. The summed E-state index contributed by atoms with van der Waals surface area (Å²) >= 11 is 0. The second-order valence-electron chi connectivity index (χ2n) is 6.75. The molecule has 6 nitrogen and oxygen atoms in total. The predicted molar refractivity (Wildman–Crippen MR) is 114 cm³/mol. The van der Waals surface area contributed by atoms with E-state index in [9.17, 15) is 13.2 Å². The molecule has 29 heavy (non-hydrogen) atoms. The van der Waals surface area contributed by atoms with Gasteiger partial charge in [-0.05, 0) is 55.3 Å². The van der Waals surface area contributed by atoms with Crippen LogP contribution in [-0.2, 0) is 10.0 Å². The Morgan fingerprint density at radius 2 is 1.72 bits per heavy atom. The zero-order valence-electron chi connectivity index (χ0n) is 17.3. The van der Waals surface area contributed by atoms with Crippen LogP contribution in [0.15, 0.2) is 47.4 Å². The van der Waals surface area contributed by atoms with Crippen molar-refractivity contribution in [3.05, 3.63) is 59.2 Å². The first-order valence-corrected chi connectivity index (χ1v) is 11.1. The molecule has 0 N–H and O–H groups in total. The van der Waals surface area contributed by atoms with Crippen LogP contribution in [0.1, 0.15) is 41.8 Å². The van der Waals surface area contributed by atoms with E-state index in [0.717, 1.165) is 11.1 Å². The van der Waals surface area contributed by atoms with Gasteiger partial charge in [0.1, 0.15) is 0 Å². The number of carbonyl (C=O) groups is 1. The number of anilines is 1. The number of sulfonamides is 1. The number of hydrogen-bond donors (Lipinski definition) is 0. The highest BCUT2D eigenvalue weighted by Gasteiger charge is 2.24. The zero-order valence-corrected chi connectivity index (χ0v) is 18.2. The van der Waals surface area contributed by atoms with E-state index < -0.39 is 10.0 Å². The van der Waals surface area contributed by atoms with E-state index >= 15 is 0 Å². The molecule has 0 bridgehead atoms. The Morgan fingerprint density at radius 1 is 1.03 bits per heavy atom. The Kier molecular flexibility index (Phi) is 7.54. The van der Waals surface area contributed by atoms with Crippen LogP contribution in [0.4, 0.5) is 5.69 Å². The Labute approximate surface area is 173 Å². The number of benzene rings is 2. The van der Waals surface area contributed by atoms with Crippen molar-refractivity contribution in [2.24, 2.45) is 0 Å². The van der Waals surface area contributed by atoms with E-state index in [-0.39, 0.29) is 29.3 Å². The van der Waals surface area contributed by atoms with Crippen molar-refractivity contribution in [3.8, 4) is 6.07 Å². The summed E-state index contributed by atoms with van der Waals surface area (Å²) in [5.41, 5.74) is 3.10. The second-order valence-corrected chi connectivity index (χ2v) is 8.69. The quantitative estimate of drug-likeness (QED) is 0.657. The molecule has 0 aliphatic heterocycles. The third-order valence-electron chi connectivity index (χ3n) is 4.92. The first kappa shape index (κ1) is 22.6. The van der Waals surface area contributed by atoms with Crippen molar-refractivity contribution in [1.82, 2.24) is 4.31 Å². The highest BCUT2D eigenvalue weighted by atomic mass is 32.2. The maximum absolute atomic E-state index is 13.2. The molecule has 0 unspecified atom stereocenters. The molecule has 0 aliphatic rings. The summed E-state index contributed by atoms with van der Waals surface area (Å²) in [5.74, 6) is -0.333. The van der Waals surface area contributed by atoms with Gasteiger partial charge in [0, 0.05) is 30.9 Å². The lowest BCUT2D eigenvalue weighted by atomic mass is 10.1. The molecule has 0 atom stereocenters. The fourth-order valence-electron chi connectivity index (χ4n) is 3.06. The zero-order chi connectivity index (χ0) is 21.6. The largest absolute Gasteiger partial charge is 0.307 e. The van der Waals surface area contributed by atoms with E-state index in [1.54, 1.807) is 26.0 Å². The topological polar surface area (TPSA) is 81.5 Å². The van der Waals surface area contributed by atoms with Crippen molar-refractivity contribution in [3.63, 3.8) is 0 Å². The van der Waals surface area contributed by atoms with Crippen LogP contribution in [0.3, 0.4) is 0 Å². The van der Waals surface area contributed by atoms with Gasteiger partial charge in [0.25, 0.3) is 5.91 Å². The van der Waals surface area contributed by atoms with Gasteiger partial charge in [-0.1, -0.05) is 26.0 Å². The minimum Gasteiger partial charge on any atom is -0.307 e. The first-order chi connectivity index (χ1) is 13.8. The molecule has 1 amide bonds. The van der Waals surface area contributed by atoms with E-state index in [1.165, 1.54) is 21.3 Å². The van der Waals surface area contributed by atoms with Gasteiger partial charge in [-0.15, -0.1) is 0 Å². The average molecular weight is 414 g/mol. The number of amides is 1. The number of aryl methyl sites for hydroxylation is 2. The van der Waals surface area contributed by atoms with Gasteiger partial charge >= 0.3 is 0 Å². The SMILES string of the molecule is CCN(CC)S(=O)(=O)c1cccc(C(=O)N(CCC#N)c2ccc(C)c(C)c2)c1. The number of rotatable bonds is 8. The monoisotopic (exact) mass is 413 g/mol. The number of nitrogens with zero attached hydrogens (tertiary/aromatic N) is 3. The lowest BCUT2D eigenvalue weighted by Gasteiger charge is -2.23. The maximum atomic E-state index is 13.2. The molecule has 0 saturated carbocycles. The lowest BCUT2D eigenvalue weighted by molar-refractivity contribution is 0.0987. The van der Waals surface area contributed by atoms with E-state index in [2.05, 4.69) is 6.07 Å².